The van der Waals surface area contributed by atoms with Crippen molar-refractivity contribution in [1.82, 2.24) is 19.9 Å². The van der Waals surface area contributed by atoms with E-state index in [-0.39, 0.29) is 34.2 Å². The molecule has 0 radical (unpaired) electrons. The molecule has 12 heteroatoms. The number of ketones is 1. The number of halogens is 4. The number of carbonyl (C=O) groups excluding carboxylic acids is 2. The van der Waals surface area contributed by atoms with Gasteiger partial charge >= 0.3 is 6.18 Å². The first-order valence-corrected chi connectivity index (χ1v) is 10.2. The second-order valence-corrected chi connectivity index (χ2v) is 8.07. The Hall–Kier alpha value is -3.73. The van der Waals surface area contributed by atoms with E-state index in [1.54, 1.807) is 32.0 Å². The Bertz CT molecular complexity index is 1240. The molecule has 3 rings (SSSR count). The molecule has 1 heterocycles. The first-order valence-electron chi connectivity index (χ1n) is 9.83. The average Bonchev–Trinajstić information content (AvgIpc) is 3.13. The standard InChI is InChI=1S/C22H20ClF3N6O2/c1-12-8-13(10-32-21(28-11-31(2)3)18(20(27)34)29-30-32)9-16(23)17(12)19(33)14-4-6-15(7-5-14)22(24,25)26/h4-9,11H,10H2,1-3H3,(H2,27,34)/b28-11+. The molecule has 2 N–H and O–H groups in total. The maximum absolute atomic E-state index is 12.9. The number of hydrogen-bond acceptors (Lipinski definition) is 5. The number of aliphatic imine (C=N–C) groups is 1. The van der Waals surface area contributed by atoms with Crippen LogP contribution in [0.3, 0.4) is 0 Å². The molecule has 0 aliphatic heterocycles. The van der Waals surface area contributed by atoms with Gasteiger partial charge in [0, 0.05) is 25.2 Å². The van der Waals surface area contributed by atoms with Gasteiger partial charge in [-0.3, -0.25) is 9.59 Å². The monoisotopic (exact) mass is 492 g/mol. The highest BCUT2D eigenvalue weighted by Gasteiger charge is 2.30. The lowest BCUT2D eigenvalue weighted by Gasteiger charge is -2.12. The Morgan fingerprint density at radius 2 is 1.85 bits per heavy atom. The van der Waals surface area contributed by atoms with Crippen molar-refractivity contribution < 1.29 is 22.8 Å². The molecule has 0 spiro atoms. The lowest BCUT2D eigenvalue weighted by Crippen LogP contribution is -2.13. The fourth-order valence-corrected chi connectivity index (χ4v) is 3.57. The maximum Gasteiger partial charge on any atom is 0.416 e. The lowest BCUT2D eigenvalue weighted by atomic mass is 9.96. The molecule has 0 fully saturated rings. The Morgan fingerprint density at radius 3 is 2.38 bits per heavy atom. The molecule has 0 aliphatic carbocycles. The summed E-state index contributed by atoms with van der Waals surface area (Å²) in [6.45, 7) is 1.78. The van der Waals surface area contributed by atoms with Crippen molar-refractivity contribution >= 4 is 35.4 Å². The Labute approximate surface area is 197 Å². The van der Waals surface area contributed by atoms with E-state index in [4.69, 9.17) is 17.3 Å². The van der Waals surface area contributed by atoms with Crippen LogP contribution in [0, 0.1) is 6.92 Å². The Kier molecular flexibility index (Phi) is 7.06. The number of carbonyl (C=O) groups is 2. The van der Waals surface area contributed by atoms with Gasteiger partial charge in [-0.2, -0.15) is 13.2 Å². The zero-order valence-electron chi connectivity index (χ0n) is 18.4. The zero-order chi connectivity index (χ0) is 25.2. The molecule has 0 saturated carbocycles. The van der Waals surface area contributed by atoms with Gasteiger partial charge in [0.2, 0.25) is 0 Å². The van der Waals surface area contributed by atoms with Crippen LogP contribution in [0.4, 0.5) is 19.0 Å². The number of aromatic nitrogens is 3. The van der Waals surface area contributed by atoms with Crippen LogP contribution in [0.5, 0.6) is 0 Å². The van der Waals surface area contributed by atoms with Gasteiger partial charge in [-0.15, -0.1) is 5.10 Å². The van der Waals surface area contributed by atoms with Gasteiger partial charge in [0.15, 0.2) is 17.3 Å². The summed E-state index contributed by atoms with van der Waals surface area (Å²) in [5.74, 6) is -1.14. The van der Waals surface area contributed by atoms with Crippen LogP contribution in [0.1, 0.15) is 43.1 Å². The second-order valence-electron chi connectivity index (χ2n) is 7.67. The van der Waals surface area contributed by atoms with Gasteiger partial charge in [0.1, 0.15) is 0 Å². The predicted octanol–water partition coefficient (Wildman–Crippen LogP) is 3.86. The largest absolute Gasteiger partial charge is 0.416 e. The number of hydrogen-bond donors (Lipinski definition) is 1. The van der Waals surface area contributed by atoms with Crippen LogP contribution in [0.15, 0.2) is 41.4 Å². The Morgan fingerprint density at radius 1 is 1.21 bits per heavy atom. The van der Waals surface area contributed by atoms with Gasteiger partial charge in [0.25, 0.3) is 5.91 Å². The van der Waals surface area contributed by atoms with E-state index in [1.807, 2.05) is 0 Å². The highest BCUT2D eigenvalue weighted by Crippen LogP contribution is 2.31. The highest BCUT2D eigenvalue weighted by molar-refractivity contribution is 6.35. The van der Waals surface area contributed by atoms with Gasteiger partial charge in [-0.1, -0.05) is 35.0 Å². The third kappa shape index (κ3) is 5.42. The van der Waals surface area contributed by atoms with Gasteiger partial charge < -0.3 is 10.6 Å². The number of amides is 1. The first-order chi connectivity index (χ1) is 15.9. The van der Waals surface area contributed by atoms with Crippen LogP contribution in [-0.4, -0.2) is 52.0 Å². The third-order valence-electron chi connectivity index (χ3n) is 4.73. The molecule has 0 saturated heterocycles. The number of nitrogens with two attached hydrogens (primary N) is 1. The Balaban J connectivity index is 1.92. The summed E-state index contributed by atoms with van der Waals surface area (Å²) in [4.78, 5) is 30.5. The molecule has 0 atom stereocenters. The summed E-state index contributed by atoms with van der Waals surface area (Å²) in [6, 6.07) is 7.16. The molecule has 8 nitrogen and oxygen atoms in total. The van der Waals surface area contributed by atoms with Gasteiger partial charge in [-0.25, -0.2) is 9.67 Å². The molecule has 34 heavy (non-hydrogen) atoms. The molecule has 178 valence electrons. The summed E-state index contributed by atoms with van der Waals surface area (Å²) >= 11 is 6.39. The number of rotatable bonds is 7. The van der Waals surface area contributed by atoms with Gasteiger partial charge in [0.05, 0.1) is 23.5 Å². The van der Waals surface area contributed by atoms with E-state index in [1.165, 1.54) is 17.1 Å². The van der Waals surface area contributed by atoms with Crippen LogP contribution in [-0.2, 0) is 12.7 Å². The number of aryl methyl sites for hydroxylation is 1. The summed E-state index contributed by atoms with van der Waals surface area (Å²) in [7, 11) is 3.49. The van der Waals surface area contributed by atoms with Crippen molar-refractivity contribution in [3.8, 4) is 0 Å². The topological polar surface area (TPSA) is 106 Å². The molecule has 0 bridgehead atoms. The first kappa shape index (κ1) is 24.9. The fourth-order valence-electron chi connectivity index (χ4n) is 3.19. The van der Waals surface area contributed by atoms with E-state index in [2.05, 4.69) is 15.3 Å². The molecular weight excluding hydrogens is 473 g/mol. The maximum atomic E-state index is 12.9. The molecule has 2 aromatic carbocycles. The number of alkyl halides is 3. The number of benzene rings is 2. The molecule has 0 unspecified atom stereocenters. The summed E-state index contributed by atoms with van der Waals surface area (Å²) in [6.07, 6.45) is -3.03. The van der Waals surface area contributed by atoms with Crippen LogP contribution in [0.2, 0.25) is 5.02 Å². The molecular formula is C22H20ClF3N6O2. The minimum absolute atomic E-state index is 0.0773. The highest BCUT2D eigenvalue weighted by atomic mass is 35.5. The van der Waals surface area contributed by atoms with Crippen molar-refractivity contribution in [2.75, 3.05) is 14.1 Å². The van der Waals surface area contributed by atoms with Gasteiger partial charge in [-0.05, 0) is 36.2 Å². The smallest absolute Gasteiger partial charge is 0.369 e. The SMILES string of the molecule is Cc1cc(Cn2nnc(C(N)=O)c2/N=C/N(C)C)cc(Cl)c1C(=O)c1ccc(C(F)(F)F)cc1. The average molecular weight is 493 g/mol. The van der Waals surface area contributed by atoms with Crippen molar-refractivity contribution in [2.45, 2.75) is 19.6 Å². The quantitative estimate of drug-likeness (QED) is 0.306. The summed E-state index contributed by atoms with van der Waals surface area (Å²) < 4.78 is 39.8. The normalized spacial score (nSPS) is 11.7. The van der Waals surface area contributed by atoms with E-state index < -0.39 is 23.4 Å². The van der Waals surface area contributed by atoms with E-state index >= 15 is 0 Å². The summed E-state index contributed by atoms with van der Waals surface area (Å²) in [5.41, 5.74) is 5.80. The van der Waals surface area contributed by atoms with Crippen LogP contribution in [0.25, 0.3) is 0 Å². The van der Waals surface area contributed by atoms with Crippen LogP contribution >= 0.6 is 11.6 Å². The number of primary amides is 1. The minimum Gasteiger partial charge on any atom is -0.369 e. The van der Waals surface area contributed by atoms with Crippen LogP contribution < -0.4 is 5.73 Å². The summed E-state index contributed by atoms with van der Waals surface area (Å²) in [5, 5.41) is 7.84. The zero-order valence-corrected chi connectivity index (χ0v) is 19.1. The van der Waals surface area contributed by atoms with E-state index in [0.29, 0.717) is 11.1 Å². The fraction of sp³-hybridized carbons (Fsp3) is 0.227. The number of nitrogens with zero attached hydrogens (tertiary/aromatic N) is 5. The lowest BCUT2D eigenvalue weighted by molar-refractivity contribution is -0.137. The molecule has 1 amide bonds. The van der Waals surface area contributed by atoms with Crippen molar-refractivity contribution in [3.05, 3.63) is 74.9 Å². The van der Waals surface area contributed by atoms with Crippen molar-refractivity contribution in [2.24, 2.45) is 10.7 Å². The predicted molar refractivity (Wildman–Crippen MR) is 121 cm³/mol. The van der Waals surface area contributed by atoms with Crippen molar-refractivity contribution in [3.63, 3.8) is 0 Å². The molecule has 1 aromatic heterocycles. The molecule has 3 aromatic rings. The second kappa shape index (κ2) is 9.64. The minimum atomic E-state index is -4.50. The van der Waals surface area contributed by atoms with E-state index in [9.17, 15) is 22.8 Å². The third-order valence-corrected chi connectivity index (χ3v) is 5.03. The molecule has 0 aliphatic rings. The van der Waals surface area contributed by atoms with E-state index in [0.717, 1.165) is 24.3 Å². The van der Waals surface area contributed by atoms with Crippen molar-refractivity contribution in [1.29, 1.82) is 0 Å².